The van der Waals surface area contributed by atoms with Crippen LogP contribution < -0.4 is 0 Å². The predicted molar refractivity (Wildman–Crippen MR) is 56.5 cm³/mol. The van der Waals surface area contributed by atoms with Crippen molar-refractivity contribution in [3.63, 3.8) is 0 Å². The Kier molecular flexibility index (Phi) is 3.29. The zero-order valence-corrected chi connectivity index (χ0v) is 9.46. The van der Waals surface area contributed by atoms with Gasteiger partial charge in [-0.15, -0.1) is 0 Å². The number of esters is 1. The number of carbonyl (C=O) groups is 1. The second-order valence-electron chi connectivity index (χ2n) is 4.84. The van der Waals surface area contributed by atoms with E-state index in [1.807, 2.05) is 0 Å². The maximum Gasteiger partial charge on any atom is 0.302 e. The molecule has 0 amide bonds. The molecule has 0 aromatic carbocycles. The van der Waals surface area contributed by atoms with Crippen LogP contribution in [0.25, 0.3) is 0 Å². The van der Waals surface area contributed by atoms with Crippen LogP contribution in [0.4, 0.5) is 0 Å². The maximum absolute atomic E-state index is 10.8. The molecule has 86 valence electrons. The summed E-state index contributed by atoms with van der Waals surface area (Å²) in [6.07, 6.45) is 7.76. The molecule has 3 heteroatoms. The van der Waals surface area contributed by atoms with Gasteiger partial charge in [0.2, 0.25) is 0 Å². The van der Waals surface area contributed by atoms with Crippen LogP contribution in [0, 0.1) is 5.41 Å². The lowest BCUT2D eigenvalue weighted by molar-refractivity contribution is -0.146. The molecule has 2 aliphatic rings. The summed E-state index contributed by atoms with van der Waals surface area (Å²) >= 11 is 0. The van der Waals surface area contributed by atoms with Gasteiger partial charge in [-0.25, -0.2) is 0 Å². The highest BCUT2D eigenvalue weighted by molar-refractivity contribution is 5.65. The van der Waals surface area contributed by atoms with Crippen molar-refractivity contribution in [3.8, 4) is 0 Å². The molecule has 1 spiro atoms. The lowest BCUT2D eigenvalue weighted by Gasteiger charge is -2.37. The van der Waals surface area contributed by atoms with Gasteiger partial charge < -0.3 is 9.47 Å². The minimum Gasteiger partial charge on any atom is -0.463 e. The van der Waals surface area contributed by atoms with Crippen LogP contribution in [0.3, 0.4) is 0 Å². The van der Waals surface area contributed by atoms with Crippen LogP contribution in [0.5, 0.6) is 0 Å². The molecule has 0 radical (unpaired) electrons. The Morgan fingerprint density at radius 3 is 2.73 bits per heavy atom. The van der Waals surface area contributed by atoms with E-state index in [9.17, 15) is 4.79 Å². The first-order chi connectivity index (χ1) is 7.23. The fourth-order valence-electron chi connectivity index (χ4n) is 2.99. The molecule has 1 atom stereocenters. The van der Waals surface area contributed by atoms with Crippen molar-refractivity contribution < 1.29 is 14.3 Å². The zero-order chi connectivity index (χ0) is 10.7. The van der Waals surface area contributed by atoms with Crippen molar-refractivity contribution in [3.05, 3.63) is 0 Å². The van der Waals surface area contributed by atoms with Crippen LogP contribution in [-0.4, -0.2) is 25.3 Å². The molecule has 2 fully saturated rings. The summed E-state index contributed by atoms with van der Waals surface area (Å²) in [4.78, 5) is 10.8. The Labute approximate surface area is 91.1 Å². The third kappa shape index (κ3) is 2.33. The number of rotatable bonds is 2. The van der Waals surface area contributed by atoms with E-state index in [1.54, 1.807) is 0 Å². The lowest BCUT2D eigenvalue weighted by atomic mass is 9.70. The molecule has 3 nitrogen and oxygen atoms in total. The average Bonchev–Trinajstić information content (AvgIpc) is 2.59. The second kappa shape index (κ2) is 4.52. The van der Waals surface area contributed by atoms with Gasteiger partial charge in [-0.3, -0.25) is 4.79 Å². The number of ether oxygens (including phenoxy) is 2. The first kappa shape index (κ1) is 10.9. The lowest BCUT2D eigenvalue weighted by Crippen LogP contribution is -2.36. The summed E-state index contributed by atoms with van der Waals surface area (Å²) < 4.78 is 10.8. The Morgan fingerprint density at radius 2 is 2.07 bits per heavy atom. The molecule has 15 heavy (non-hydrogen) atoms. The Hall–Kier alpha value is -0.570. The SMILES string of the molecule is CC(=O)OCC1OCCC12CCCCC2. The molecule has 1 unspecified atom stereocenters. The van der Waals surface area contributed by atoms with E-state index in [-0.39, 0.29) is 12.1 Å². The number of hydrogen-bond acceptors (Lipinski definition) is 3. The van der Waals surface area contributed by atoms with Crippen LogP contribution in [0.1, 0.15) is 45.4 Å². The Morgan fingerprint density at radius 1 is 1.33 bits per heavy atom. The number of hydrogen-bond donors (Lipinski definition) is 0. The third-order valence-corrected chi connectivity index (χ3v) is 3.89. The van der Waals surface area contributed by atoms with E-state index in [2.05, 4.69) is 0 Å². The minimum atomic E-state index is -0.198. The van der Waals surface area contributed by atoms with Gasteiger partial charge in [0.05, 0.1) is 6.10 Å². The standard InChI is InChI=1S/C12H20O3/c1-10(13)15-9-11-12(7-8-14-11)5-3-2-4-6-12/h11H,2-9H2,1H3. The second-order valence-corrected chi connectivity index (χ2v) is 4.84. The highest BCUT2D eigenvalue weighted by atomic mass is 16.6. The molecule has 1 aliphatic heterocycles. The van der Waals surface area contributed by atoms with Crippen LogP contribution in [0.2, 0.25) is 0 Å². The monoisotopic (exact) mass is 212 g/mol. The molecule has 0 N–H and O–H groups in total. The van der Waals surface area contributed by atoms with Crippen molar-refractivity contribution in [2.75, 3.05) is 13.2 Å². The molecular weight excluding hydrogens is 192 g/mol. The summed E-state index contributed by atoms with van der Waals surface area (Å²) in [5.41, 5.74) is 0.327. The Bertz CT molecular complexity index is 231. The summed E-state index contributed by atoms with van der Waals surface area (Å²) in [6.45, 7) is 2.75. The molecule has 1 saturated heterocycles. The predicted octanol–water partition coefficient (Wildman–Crippen LogP) is 2.29. The highest BCUT2D eigenvalue weighted by Crippen LogP contribution is 2.47. The van der Waals surface area contributed by atoms with Gasteiger partial charge in [0, 0.05) is 18.9 Å². The van der Waals surface area contributed by atoms with Gasteiger partial charge in [0.1, 0.15) is 6.61 Å². The third-order valence-electron chi connectivity index (χ3n) is 3.89. The van der Waals surface area contributed by atoms with E-state index in [4.69, 9.17) is 9.47 Å². The average molecular weight is 212 g/mol. The van der Waals surface area contributed by atoms with E-state index in [0.29, 0.717) is 12.0 Å². The highest BCUT2D eigenvalue weighted by Gasteiger charge is 2.44. The quantitative estimate of drug-likeness (QED) is 0.659. The fraction of sp³-hybridized carbons (Fsp3) is 0.917. The zero-order valence-electron chi connectivity index (χ0n) is 9.46. The van der Waals surface area contributed by atoms with Gasteiger partial charge in [-0.05, 0) is 19.3 Å². The van der Waals surface area contributed by atoms with Gasteiger partial charge in [0.25, 0.3) is 0 Å². The van der Waals surface area contributed by atoms with Crippen molar-refractivity contribution >= 4 is 5.97 Å². The van der Waals surface area contributed by atoms with Crippen LogP contribution >= 0.6 is 0 Å². The molecule has 1 aliphatic carbocycles. The van der Waals surface area contributed by atoms with Crippen molar-refractivity contribution in [1.82, 2.24) is 0 Å². The number of carbonyl (C=O) groups excluding carboxylic acids is 1. The normalized spacial score (nSPS) is 29.3. The van der Waals surface area contributed by atoms with Gasteiger partial charge >= 0.3 is 5.97 Å². The molecule has 0 aromatic heterocycles. The summed E-state index contributed by atoms with van der Waals surface area (Å²) in [5, 5.41) is 0. The summed E-state index contributed by atoms with van der Waals surface area (Å²) in [7, 11) is 0. The summed E-state index contributed by atoms with van der Waals surface area (Å²) in [6, 6.07) is 0. The molecule has 1 saturated carbocycles. The van der Waals surface area contributed by atoms with E-state index in [0.717, 1.165) is 13.0 Å². The Balaban J connectivity index is 1.94. The molecule has 0 bridgehead atoms. The summed E-state index contributed by atoms with van der Waals surface area (Å²) in [5.74, 6) is -0.198. The topological polar surface area (TPSA) is 35.5 Å². The molecule has 0 aromatic rings. The van der Waals surface area contributed by atoms with Gasteiger partial charge in [0.15, 0.2) is 0 Å². The first-order valence-electron chi connectivity index (χ1n) is 5.98. The molecule has 1 heterocycles. The fourth-order valence-corrected chi connectivity index (χ4v) is 2.99. The van der Waals surface area contributed by atoms with E-state index >= 15 is 0 Å². The maximum atomic E-state index is 10.8. The van der Waals surface area contributed by atoms with E-state index in [1.165, 1.54) is 39.0 Å². The molecular formula is C12H20O3. The van der Waals surface area contributed by atoms with Crippen molar-refractivity contribution in [1.29, 1.82) is 0 Å². The van der Waals surface area contributed by atoms with Crippen molar-refractivity contribution in [2.45, 2.75) is 51.6 Å². The van der Waals surface area contributed by atoms with Crippen LogP contribution in [-0.2, 0) is 14.3 Å². The first-order valence-corrected chi connectivity index (χ1v) is 5.98. The largest absolute Gasteiger partial charge is 0.463 e. The smallest absolute Gasteiger partial charge is 0.302 e. The molecule has 2 rings (SSSR count). The van der Waals surface area contributed by atoms with E-state index < -0.39 is 0 Å². The van der Waals surface area contributed by atoms with Crippen molar-refractivity contribution in [2.24, 2.45) is 5.41 Å². The van der Waals surface area contributed by atoms with Crippen LogP contribution in [0.15, 0.2) is 0 Å². The van der Waals surface area contributed by atoms with Gasteiger partial charge in [-0.1, -0.05) is 19.3 Å². The minimum absolute atomic E-state index is 0.154. The van der Waals surface area contributed by atoms with Gasteiger partial charge in [-0.2, -0.15) is 0 Å².